The minimum absolute atomic E-state index is 0.0263. The fraction of sp³-hybridized carbons (Fsp3) is 0.893. The summed E-state index contributed by atoms with van der Waals surface area (Å²) in [4.78, 5) is 38.2. The first-order valence-corrected chi connectivity index (χ1v) is 13.6. The van der Waals surface area contributed by atoms with Gasteiger partial charge in [-0.3, -0.25) is 4.79 Å². The van der Waals surface area contributed by atoms with Crippen LogP contribution in [0.1, 0.15) is 101 Å². The van der Waals surface area contributed by atoms with Gasteiger partial charge in [0.1, 0.15) is 29.5 Å². The van der Waals surface area contributed by atoms with Crippen LogP contribution in [-0.2, 0) is 28.5 Å². The van der Waals surface area contributed by atoms with Crippen LogP contribution >= 0.6 is 0 Å². The number of fused-ring (bicyclic) bond motifs is 5. The van der Waals surface area contributed by atoms with Gasteiger partial charge in [-0.2, -0.15) is 0 Å². The molecule has 0 aliphatic heterocycles. The Morgan fingerprint density at radius 2 is 1.22 bits per heavy atom. The molecule has 0 aromatic carbocycles. The van der Waals surface area contributed by atoms with Gasteiger partial charge in [-0.25, -0.2) is 9.59 Å². The maximum Gasteiger partial charge on any atom is 0.509 e. The van der Waals surface area contributed by atoms with Gasteiger partial charge in [-0.15, -0.1) is 0 Å². The van der Waals surface area contributed by atoms with Crippen molar-refractivity contribution >= 4 is 18.3 Å². The smallest absolute Gasteiger partial charge is 0.462 e. The van der Waals surface area contributed by atoms with E-state index in [2.05, 4.69) is 0 Å². The molecule has 0 heterocycles. The zero-order valence-corrected chi connectivity index (χ0v) is 23.6. The molecule has 3 rings (SSSR count). The van der Waals surface area contributed by atoms with Crippen molar-refractivity contribution < 1.29 is 38.1 Å². The van der Waals surface area contributed by atoms with Gasteiger partial charge in [-0.05, 0) is 97.8 Å². The Kier molecular flexibility index (Phi) is 8.26. The quantitative estimate of drug-likeness (QED) is 0.258. The first-order valence-electron chi connectivity index (χ1n) is 13.6. The monoisotopic (exact) mass is 510 g/mol. The lowest BCUT2D eigenvalue weighted by Crippen LogP contribution is -2.41. The number of hydrogen-bond acceptors (Lipinski definition) is 8. The van der Waals surface area contributed by atoms with Crippen LogP contribution in [0.4, 0.5) is 9.59 Å². The zero-order valence-electron chi connectivity index (χ0n) is 23.6. The summed E-state index contributed by atoms with van der Waals surface area (Å²) < 4.78 is 28.7. The van der Waals surface area contributed by atoms with Gasteiger partial charge in [-0.1, -0.05) is 20.8 Å². The number of rotatable bonds is 9. The Morgan fingerprint density at radius 3 is 1.75 bits per heavy atom. The molecule has 0 aromatic heterocycles. The molecule has 206 valence electrons. The van der Waals surface area contributed by atoms with E-state index in [0.29, 0.717) is 25.7 Å². The van der Waals surface area contributed by atoms with Crippen LogP contribution in [-0.4, -0.2) is 47.8 Å². The highest BCUT2D eigenvalue weighted by atomic mass is 16.8. The van der Waals surface area contributed by atoms with E-state index >= 15 is 0 Å². The molecule has 3 saturated carbocycles. The highest BCUT2D eigenvalue weighted by Crippen LogP contribution is 2.61. The second kappa shape index (κ2) is 10.4. The van der Waals surface area contributed by atoms with Crippen molar-refractivity contribution in [2.75, 3.05) is 0 Å². The lowest BCUT2D eigenvalue weighted by Gasteiger charge is -2.34. The SMILES string of the molecule is CCC(C)(C)OC(=O)OC1CC2C3CC(CC3OC(=O)C(C)(C)CC)C2C1OC(=O)OC(C)(C)CC. The van der Waals surface area contributed by atoms with Gasteiger partial charge in [0.25, 0.3) is 0 Å². The third-order valence-electron chi connectivity index (χ3n) is 9.02. The highest BCUT2D eigenvalue weighted by Gasteiger charge is 2.63. The van der Waals surface area contributed by atoms with Crippen molar-refractivity contribution in [3.8, 4) is 0 Å². The molecule has 3 fully saturated rings. The minimum atomic E-state index is -0.761. The van der Waals surface area contributed by atoms with Crippen molar-refractivity contribution in [3.63, 3.8) is 0 Å². The van der Waals surface area contributed by atoms with E-state index in [0.717, 1.165) is 12.8 Å². The van der Waals surface area contributed by atoms with Crippen molar-refractivity contribution in [2.45, 2.75) is 130 Å². The topological polar surface area (TPSA) is 97.4 Å². The van der Waals surface area contributed by atoms with E-state index in [1.54, 1.807) is 0 Å². The molecule has 2 bridgehead atoms. The Morgan fingerprint density at radius 1 is 0.667 bits per heavy atom. The first-order chi connectivity index (χ1) is 16.6. The Bertz CT molecular complexity index is 831. The molecule has 3 aliphatic carbocycles. The number of carbonyl (C=O) groups is 3. The molecule has 0 saturated heterocycles. The molecule has 7 atom stereocenters. The number of hydrogen-bond donors (Lipinski definition) is 0. The van der Waals surface area contributed by atoms with Crippen LogP contribution in [0.15, 0.2) is 0 Å². The molecule has 8 nitrogen and oxygen atoms in total. The molecule has 0 aromatic rings. The largest absolute Gasteiger partial charge is 0.509 e. The summed E-state index contributed by atoms with van der Waals surface area (Å²) in [6.07, 6.45) is 1.24. The van der Waals surface area contributed by atoms with Crippen LogP contribution in [0.2, 0.25) is 0 Å². The minimum Gasteiger partial charge on any atom is -0.462 e. The fourth-order valence-corrected chi connectivity index (χ4v) is 5.69. The number of ether oxygens (including phenoxy) is 5. The van der Waals surface area contributed by atoms with Gasteiger partial charge in [0.15, 0.2) is 0 Å². The average Bonchev–Trinajstić information content (AvgIpc) is 3.44. The predicted molar refractivity (Wildman–Crippen MR) is 133 cm³/mol. The van der Waals surface area contributed by atoms with Crippen LogP contribution in [0, 0.1) is 29.1 Å². The van der Waals surface area contributed by atoms with E-state index in [1.807, 2.05) is 62.3 Å². The number of carbonyl (C=O) groups excluding carboxylic acids is 3. The van der Waals surface area contributed by atoms with E-state index in [4.69, 9.17) is 23.7 Å². The first kappa shape index (κ1) is 28.6. The summed E-state index contributed by atoms with van der Waals surface area (Å²) in [5.74, 6) is 0.353. The van der Waals surface area contributed by atoms with Crippen molar-refractivity contribution in [1.29, 1.82) is 0 Å². The molecule has 0 N–H and O–H groups in total. The summed E-state index contributed by atoms with van der Waals surface area (Å²) in [5.41, 5.74) is -1.84. The van der Waals surface area contributed by atoms with Crippen LogP contribution < -0.4 is 0 Å². The molecular weight excluding hydrogens is 464 g/mol. The summed E-state index contributed by atoms with van der Waals surface area (Å²) >= 11 is 0. The van der Waals surface area contributed by atoms with Gasteiger partial charge in [0, 0.05) is 5.92 Å². The summed E-state index contributed by atoms with van der Waals surface area (Å²) in [7, 11) is 0. The molecule has 7 unspecified atom stereocenters. The van der Waals surface area contributed by atoms with Gasteiger partial charge >= 0.3 is 18.3 Å². The second-order valence-electron chi connectivity index (χ2n) is 12.7. The average molecular weight is 511 g/mol. The van der Waals surface area contributed by atoms with Crippen LogP contribution in [0.5, 0.6) is 0 Å². The van der Waals surface area contributed by atoms with E-state index in [9.17, 15) is 14.4 Å². The molecule has 8 heteroatoms. The van der Waals surface area contributed by atoms with Crippen molar-refractivity contribution in [3.05, 3.63) is 0 Å². The molecular formula is C28H46O8. The van der Waals surface area contributed by atoms with E-state index in [1.165, 1.54) is 0 Å². The molecule has 36 heavy (non-hydrogen) atoms. The maximum atomic E-state index is 12.8. The second-order valence-corrected chi connectivity index (χ2v) is 12.7. The van der Waals surface area contributed by atoms with Crippen molar-refractivity contribution in [2.24, 2.45) is 29.1 Å². The zero-order chi connectivity index (χ0) is 27.1. The van der Waals surface area contributed by atoms with E-state index < -0.39 is 41.1 Å². The fourth-order valence-electron chi connectivity index (χ4n) is 5.69. The molecule has 0 spiro atoms. The molecule has 0 amide bonds. The normalized spacial score (nSPS) is 31.5. The van der Waals surface area contributed by atoms with Crippen LogP contribution in [0.25, 0.3) is 0 Å². The predicted octanol–water partition coefficient (Wildman–Crippen LogP) is 6.43. The third-order valence-corrected chi connectivity index (χ3v) is 9.02. The highest BCUT2D eigenvalue weighted by molar-refractivity contribution is 5.76. The lowest BCUT2D eigenvalue weighted by atomic mass is 9.79. The summed E-state index contributed by atoms with van der Waals surface area (Å²) in [6.45, 7) is 17.0. The lowest BCUT2D eigenvalue weighted by molar-refractivity contribution is -0.164. The Hall–Kier alpha value is -1.99. The van der Waals surface area contributed by atoms with Gasteiger partial charge < -0.3 is 23.7 Å². The van der Waals surface area contributed by atoms with E-state index in [-0.39, 0.29) is 35.7 Å². The molecule has 3 aliphatic rings. The summed E-state index contributed by atoms with van der Waals surface area (Å²) in [5, 5.41) is 0. The maximum absolute atomic E-state index is 12.8. The molecule has 0 radical (unpaired) electrons. The standard InChI is InChI=1S/C28H46O8/c1-10-26(4,5)23(29)32-19-14-16-13-17(19)18-15-20(33-24(30)35-27(6,7)11-2)22(21(16)18)34-25(31)36-28(8,9)12-3/h16-22H,10-15H2,1-9H3. The number of esters is 1. The Balaban J connectivity index is 1.76. The van der Waals surface area contributed by atoms with Crippen LogP contribution in [0.3, 0.4) is 0 Å². The Labute approximate surface area is 216 Å². The van der Waals surface area contributed by atoms with Crippen molar-refractivity contribution in [1.82, 2.24) is 0 Å². The van der Waals surface area contributed by atoms with Gasteiger partial charge in [0.05, 0.1) is 5.41 Å². The summed E-state index contributed by atoms with van der Waals surface area (Å²) in [6, 6.07) is 0. The van der Waals surface area contributed by atoms with Gasteiger partial charge in [0.2, 0.25) is 0 Å². The third kappa shape index (κ3) is 6.10.